The van der Waals surface area contributed by atoms with Crippen molar-refractivity contribution in [3.63, 3.8) is 0 Å². The molecule has 198 valence electrons. The summed E-state index contributed by atoms with van der Waals surface area (Å²) in [5, 5.41) is 13.1. The predicted molar refractivity (Wildman–Crippen MR) is 130 cm³/mol. The molecule has 0 radical (unpaired) electrons. The van der Waals surface area contributed by atoms with E-state index in [1.54, 1.807) is 48.5 Å². The molecule has 1 heterocycles. The van der Waals surface area contributed by atoms with E-state index >= 15 is 0 Å². The van der Waals surface area contributed by atoms with E-state index in [2.05, 4.69) is 9.88 Å². The van der Waals surface area contributed by atoms with Crippen LogP contribution in [0.5, 0.6) is 5.75 Å². The molecule has 0 spiro atoms. The molecule has 0 saturated heterocycles. The van der Waals surface area contributed by atoms with Crippen molar-refractivity contribution in [2.24, 2.45) is 0 Å². The molecular weight excluding hydrogens is 525 g/mol. The lowest BCUT2D eigenvalue weighted by Gasteiger charge is -2.14. The van der Waals surface area contributed by atoms with Crippen molar-refractivity contribution in [1.29, 1.82) is 0 Å². The van der Waals surface area contributed by atoms with Crippen LogP contribution < -0.4 is 9.46 Å². The average Bonchev–Trinajstić information content (AvgIpc) is 3.41. The molecule has 0 aliphatic carbocycles. The average molecular weight is 547 g/mol. The van der Waals surface area contributed by atoms with Crippen molar-refractivity contribution >= 4 is 21.7 Å². The molecular formula is C26H21F3N2O6S. The molecule has 8 nitrogen and oxygen atoms in total. The van der Waals surface area contributed by atoms with E-state index in [0.29, 0.717) is 34.7 Å². The second kappa shape index (κ2) is 11.0. The highest BCUT2D eigenvalue weighted by atomic mass is 32.2. The Kier molecular flexibility index (Phi) is 7.72. The van der Waals surface area contributed by atoms with Crippen LogP contribution in [0.2, 0.25) is 0 Å². The number of alkyl halides is 3. The van der Waals surface area contributed by atoms with E-state index in [1.165, 1.54) is 12.3 Å². The number of benzene rings is 3. The van der Waals surface area contributed by atoms with E-state index in [-0.39, 0.29) is 23.6 Å². The van der Waals surface area contributed by atoms with Gasteiger partial charge in [0.05, 0.1) is 22.6 Å². The number of aromatic nitrogens is 1. The van der Waals surface area contributed by atoms with Crippen molar-refractivity contribution in [3.05, 3.63) is 108 Å². The van der Waals surface area contributed by atoms with Gasteiger partial charge in [-0.2, -0.15) is 13.2 Å². The number of carboxylic acid groups (broad SMARTS) is 1. The molecule has 38 heavy (non-hydrogen) atoms. The molecule has 0 saturated carbocycles. The van der Waals surface area contributed by atoms with Gasteiger partial charge in [-0.15, -0.1) is 0 Å². The highest BCUT2D eigenvalue weighted by Crippen LogP contribution is 2.31. The number of hydrogen-bond acceptors (Lipinski definition) is 6. The number of carboxylic acids is 1. The minimum absolute atomic E-state index is 0.0943. The number of halogens is 3. The molecule has 0 bridgehead atoms. The number of anilines is 1. The molecule has 1 aromatic heterocycles. The number of rotatable bonds is 10. The Bertz CT molecular complexity index is 1490. The van der Waals surface area contributed by atoms with Gasteiger partial charge in [0.1, 0.15) is 18.6 Å². The Morgan fingerprint density at radius 2 is 1.74 bits per heavy atom. The molecule has 2 N–H and O–H groups in total. The van der Waals surface area contributed by atoms with Crippen molar-refractivity contribution in [2.45, 2.75) is 30.0 Å². The third-order valence-electron chi connectivity index (χ3n) is 5.55. The minimum Gasteiger partial charge on any atom is -0.489 e. The maximum Gasteiger partial charge on any atom is 0.416 e. The van der Waals surface area contributed by atoms with Crippen LogP contribution in [-0.2, 0) is 27.6 Å². The summed E-state index contributed by atoms with van der Waals surface area (Å²) in [6, 6.07) is 18.0. The van der Waals surface area contributed by atoms with Gasteiger partial charge in [-0.3, -0.25) is 9.52 Å². The monoisotopic (exact) mass is 546 g/mol. The van der Waals surface area contributed by atoms with Gasteiger partial charge in [-0.05, 0) is 59.7 Å². The summed E-state index contributed by atoms with van der Waals surface area (Å²) in [6.07, 6.45) is -3.36. The highest BCUT2D eigenvalue weighted by Gasteiger charge is 2.30. The number of aliphatic carboxylic acids is 1. The van der Waals surface area contributed by atoms with Gasteiger partial charge in [0.2, 0.25) is 0 Å². The van der Waals surface area contributed by atoms with Gasteiger partial charge >= 0.3 is 12.1 Å². The lowest BCUT2D eigenvalue weighted by Crippen LogP contribution is -2.14. The first-order chi connectivity index (χ1) is 18.0. The molecule has 0 aliphatic rings. The first kappa shape index (κ1) is 26.7. The van der Waals surface area contributed by atoms with E-state index in [0.717, 1.165) is 12.1 Å². The summed E-state index contributed by atoms with van der Waals surface area (Å²) < 4.78 is 76.5. The summed E-state index contributed by atoms with van der Waals surface area (Å²) in [5.74, 6) is -0.972. The molecule has 0 fully saturated rings. The predicted octanol–water partition coefficient (Wildman–Crippen LogP) is 5.68. The fourth-order valence-corrected chi connectivity index (χ4v) is 4.74. The fraction of sp³-hybridized carbons (Fsp3) is 0.154. The molecule has 4 rings (SSSR count). The van der Waals surface area contributed by atoms with Crippen LogP contribution in [0, 0.1) is 0 Å². The van der Waals surface area contributed by atoms with Crippen LogP contribution in [0.1, 0.15) is 34.7 Å². The van der Waals surface area contributed by atoms with Crippen molar-refractivity contribution < 1.29 is 40.8 Å². The van der Waals surface area contributed by atoms with Crippen LogP contribution in [0.25, 0.3) is 0 Å². The zero-order valence-electron chi connectivity index (χ0n) is 19.6. The molecule has 4 aromatic rings. The maximum atomic E-state index is 12.8. The topological polar surface area (TPSA) is 119 Å². The van der Waals surface area contributed by atoms with E-state index in [1.807, 2.05) is 0 Å². The summed E-state index contributed by atoms with van der Waals surface area (Å²) in [6.45, 7) is 0.0943. The third-order valence-corrected chi connectivity index (χ3v) is 6.95. The Morgan fingerprint density at radius 1 is 1.03 bits per heavy atom. The second-order valence-electron chi connectivity index (χ2n) is 8.26. The molecule has 0 unspecified atom stereocenters. The maximum absolute atomic E-state index is 12.8. The zero-order valence-corrected chi connectivity index (χ0v) is 20.4. The van der Waals surface area contributed by atoms with Crippen LogP contribution in [0.15, 0.2) is 94.5 Å². The van der Waals surface area contributed by atoms with E-state index < -0.39 is 33.7 Å². The Morgan fingerprint density at radius 3 is 2.34 bits per heavy atom. The highest BCUT2D eigenvalue weighted by molar-refractivity contribution is 7.92. The standard InChI is InChI=1S/C26H21F3N2O6S/c27-26(28,29)19-6-10-22(11-7-19)38(34,35)31-20-3-1-2-17(14-20)16-36-21-8-4-18(5-9-21)23(15-25(32)33)24-12-13-37-30-24/h1-14,23,31H,15-16H2,(H,32,33)/t23-/m0/s1. The van der Waals surface area contributed by atoms with Crippen LogP contribution in [-0.4, -0.2) is 24.7 Å². The van der Waals surface area contributed by atoms with Crippen molar-refractivity contribution in [2.75, 3.05) is 4.72 Å². The Hall–Kier alpha value is -4.32. The SMILES string of the molecule is O=C(O)C[C@@H](c1ccc(OCc2cccc(NS(=O)(=O)c3ccc(C(F)(F)F)cc3)c2)cc1)c1ccon1. The minimum atomic E-state index is -4.57. The molecule has 0 amide bonds. The summed E-state index contributed by atoms with van der Waals surface area (Å²) in [5.41, 5.74) is 1.11. The first-order valence-corrected chi connectivity index (χ1v) is 12.6. The molecule has 1 atom stereocenters. The van der Waals surface area contributed by atoms with E-state index in [4.69, 9.17) is 9.26 Å². The largest absolute Gasteiger partial charge is 0.489 e. The Labute approximate surface area is 215 Å². The lowest BCUT2D eigenvalue weighted by molar-refractivity contribution is -0.138. The van der Waals surface area contributed by atoms with E-state index in [9.17, 15) is 31.5 Å². The van der Waals surface area contributed by atoms with Gasteiger partial charge in [0.25, 0.3) is 10.0 Å². The normalized spacial score (nSPS) is 12.6. The van der Waals surface area contributed by atoms with Crippen molar-refractivity contribution in [1.82, 2.24) is 5.16 Å². The summed E-state index contributed by atoms with van der Waals surface area (Å²) >= 11 is 0. The van der Waals surface area contributed by atoms with Gasteiger partial charge in [-0.1, -0.05) is 29.4 Å². The van der Waals surface area contributed by atoms with Crippen LogP contribution in [0.4, 0.5) is 18.9 Å². The second-order valence-corrected chi connectivity index (χ2v) is 9.94. The quantitative estimate of drug-likeness (QED) is 0.263. The number of sulfonamides is 1. The Balaban J connectivity index is 1.41. The molecule has 3 aromatic carbocycles. The zero-order chi connectivity index (χ0) is 27.3. The smallest absolute Gasteiger partial charge is 0.416 e. The molecule has 0 aliphatic heterocycles. The summed E-state index contributed by atoms with van der Waals surface area (Å²) in [4.78, 5) is 11.0. The number of nitrogens with one attached hydrogen (secondary N) is 1. The van der Waals surface area contributed by atoms with Gasteiger partial charge in [-0.25, -0.2) is 8.42 Å². The van der Waals surface area contributed by atoms with Crippen LogP contribution in [0.3, 0.4) is 0 Å². The number of carbonyl (C=O) groups is 1. The third kappa shape index (κ3) is 6.71. The van der Waals surface area contributed by atoms with Crippen LogP contribution >= 0.6 is 0 Å². The number of hydrogen-bond donors (Lipinski definition) is 2. The molecule has 12 heteroatoms. The fourth-order valence-electron chi connectivity index (χ4n) is 3.69. The van der Waals surface area contributed by atoms with Gasteiger partial charge in [0.15, 0.2) is 0 Å². The first-order valence-electron chi connectivity index (χ1n) is 11.1. The van der Waals surface area contributed by atoms with Crippen molar-refractivity contribution in [3.8, 4) is 5.75 Å². The van der Waals surface area contributed by atoms with Gasteiger partial charge < -0.3 is 14.4 Å². The number of nitrogens with zero attached hydrogens (tertiary/aromatic N) is 1. The number of ether oxygens (including phenoxy) is 1. The summed E-state index contributed by atoms with van der Waals surface area (Å²) in [7, 11) is -4.11. The van der Waals surface area contributed by atoms with Gasteiger partial charge in [0, 0.05) is 17.7 Å². The lowest BCUT2D eigenvalue weighted by atomic mass is 9.92.